The van der Waals surface area contributed by atoms with Crippen LogP contribution in [-0.4, -0.2) is 48.2 Å². The Hall–Kier alpha value is -2.41. The number of benzene rings is 1. The molecule has 2 aromatic rings. The molecule has 7 nitrogen and oxygen atoms in total. The van der Waals surface area contributed by atoms with E-state index in [-0.39, 0.29) is 12.4 Å². The second kappa shape index (κ2) is 7.56. The van der Waals surface area contributed by atoms with Crippen LogP contribution >= 0.6 is 0 Å². The van der Waals surface area contributed by atoms with Crippen LogP contribution in [0.25, 0.3) is 5.69 Å². The summed E-state index contributed by atoms with van der Waals surface area (Å²) in [6, 6.07) is 7.18. The minimum atomic E-state index is -0.507. The highest BCUT2D eigenvalue weighted by Crippen LogP contribution is 2.16. The highest BCUT2D eigenvalue weighted by Gasteiger charge is 2.18. The van der Waals surface area contributed by atoms with Crippen LogP contribution in [0, 0.1) is 6.92 Å². The zero-order chi connectivity index (χ0) is 15.9. The first-order chi connectivity index (χ1) is 10.7. The first kappa shape index (κ1) is 16.0. The van der Waals surface area contributed by atoms with Crippen LogP contribution in [-0.2, 0) is 9.47 Å². The lowest BCUT2D eigenvalue weighted by atomic mass is 10.3. The molecule has 0 aliphatic rings. The van der Waals surface area contributed by atoms with Crippen molar-refractivity contribution in [2.75, 3.05) is 27.4 Å². The lowest BCUT2D eigenvalue weighted by Gasteiger charge is -2.07. The molecule has 0 aliphatic carbocycles. The quantitative estimate of drug-likeness (QED) is 0.573. The third kappa shape index (κ3) is 3.82. The molecule has 2 rings (SSSR count). The van der Waals surface area contributed by atoms with E-state index in [1.165, 1.54) is 4.68 Å². The SMILES string of the molecule is COCCCOC(=O)c1nc(C)nn1-c1ccc(OC)cc1. The molecule has 1 heterocycles. The van der Waals surface area contributed by atoms with Crippen molar-refractivity contribution >= 4 is 5.97 Å². The molecule has 1 aromatic carbocycles. The molecule has 0 bridgehead atoms. The number of aromatic nitrogens is 3. The second-order valence-corrected chi connectivity index (χ2v) is 4.57. The summed E-state index contributed by atoms with van der Waals surface area (Å²) in [5.41, 5.74) is 0.713. The first-order valence-corrected chi connectivity index (χ1v) is 6.90. The number of aryl methyl sites for hydroxylation is 1. The number of methoxy groups -OCH3 is 2. The van der Waals surface area contributed by atoms with Crippen LogP contribution < -0.4 is 4.74 Å². The summed E-state index contributed by atoms with van der Waals surface area (Å²) < 4.78 is 16.7. The molecule has 22 heavy (non-hydrogen) atoms. The number of ether oxygens (including phenoxy) is 3. The van der Waals surface area contributed by atoms with Gasteiger partial charge in [-0.15, -0.1) is 0 Å². The molecule has 1 aromatic heterocycles. The number of hydrogen-bond acceptors (Lipinski definition) is 6. The number of carbonyl (C=O) groups is 1. The number of rotatable bonds is 7. The topological polar surface area (TPSA) is 75.5 Å². The smallest absolute Gasteiger partial charge is 0.376 e. The average molecular weight is 305 g/mol. The maximum Gasteiger partial charge on any atom is 0.376 e. The van der Waals surface area contributed by atoms with Crippen LogP contribution in [0.4, 0.5) is 0 Å². The summed E-state index contributed by atoms with van der Waals surface area (Å²) in [5.74, 6) is 0.872. The molecule has 0 aliphatic heterocycles. The molecule has 0 spiro atoms. The first-order valence-electron chi connectivity index (χ1n) is 6.90. The molecule has 118 valence electrons. The zero-order valence-corrected chi connectivity index (χ0v) is 12.9. The van der Waals surface area contributed by atoms with Crippen molar-refractivity contribution in [3.8, 4) is 11.4 Å². The predicted molar refractivity (Wildman–Crippen MR) is 79.4 cm³/mol. The van der Waals surface area contributed by atoms with Crippen molar-refractivity contribution in [3.05, 3.63) is 35.9 Å². The van der Waals surface area contributed by atoms with Crippen molar-refractivity contribution in [3.63, 3.8) is 0 Å². The van der Waals surface area contributed by atoms with Gasteiger partial charge in [-0.3, -0.25) is 0 Å². The zero-order valence-electron chi connectivity index (χ0n) is 12.9. The lowest BCUT2D eigenvalue weighted by molar-refractivity contribution is 0.0451. The molecule has 0 fully saturated rings. The standard InChI is InChI=1S/C15H19N3O4/c1-11-16-14(15(19)22-10-4-9-20-2)18(17-11)12-5-7-13(21-3)8-6-12/h5-8H,4,9-10H2,1-3H3. The van der Waals surface area contributed by atoms with E-state index in [0.29, 0.717) is 24.5 Å². The van der Waals surface area contributed by atoms with Crippen molar-refractivity contribution in [2.45, 2.75) is 13.3 Å². The van der Waals surface area contributed by atoms with E-state index < -0.39 is 5.97 Å². The fraction of sp³-hybridized carbons (Fsp3) is 0.400. The number of esters is 1. The molecule has 0 N–H and O–H groups in total. The molecule has 7 heteroatoms. The van der Waals surface area contributed by atoms with Gasteiger partial charge in [0.15, 0.2) is 0 Å². The molecule has 0 unspecified atom stereocenters. The summed E-state index contributed by atoms with van der Waals surface area (Å²) in [5, 5.41) is 4.24. The molecule has 0 saturated heterocycles. The summed E-state index contributed by atoms with van der Waals surface area (Å²) in [6.07, 6.45) is 0.637. The van der Waals surface area contributed by atoms with E-state index in [1.807, 2.05) is 0 Å². The molecule has 0 atom stereocenters. The van der Waals surface area contributed by atoms with Crippen LogP contribution in [0.1, 0.15) is 22.9 Å². The lowest BCUT2D eigenvalue weighted by Crippen LogP contribution is -2.14. The fourth-order valence-electron chi connectivity index (χ4n) is 1.88. The van der Waals surface area contributed by atoms with Crippen LogP contribution in [0.2, 0.25) is 0 Å². The monoisotopic (exact) mass is 305 g/mol. The Morgan fingerprint density at radius 1 is 1.18 bits per heavy atom. The van der Waals surface area contributed by atoms with E-state index in [4.69, 9.17) is 14.2 Å². The highest BCUT2D eigenvalue weighted by atomic mass is 16.5. The maximum absolute atomic E-state index is 12.1. The summed E-state index contributed by atoms with van der Waals surface area (Å²) >= 11 is 0. The van der Waals surface area contributed by atoms with Crippen molar-refractivity contribution in [1.82, 2.24) is 14.8 Å². The van der Waals surface area contributed by atoms with Gasteiger partial charge in [-0.1, -0.05) is 0 Å². The van der Waals surface area contributed by atoms with Crippen molar-refractivity contribution in [2.24, 2.45) is 0 Å². The molecule has 0 radical (unpaired) electrons. The Bertz CT molecular complexity index is 622. The van der Waals surface area contributed by atoms with E-state index in [9.17, 15) is 4.79 Å². The third-order valence-electron chi connectivity index (χ3n) is 2.94. The number of hydrogen-bond donors (Lipinski definition) is 0. The van der Waals surface area contributed by atoms with Gasteiger partial charge < -0.3 is 14.2 Å². The second-order valence-electron chi connectivity index (χ2n) is 4.57. The van der Waals surface area contributed by atoms with Crippen molar-refractivity contribution < 1.29 is 19.0 Å². The Labute approximate surface area is 128 Å². The Kier molecular flexibility index (Phi) is 5.48. The van der Waals surface area contributed by atoms with Crippen molar-refractivity contribution in [1.29, 1.82) is 0 Å². The van der Waals surface area contributed by atoms with Crippen LogP contribution in [0.15, 0.2) is 24.3 Å². The predicted octanol–water partition coefficient (Wildman–Crippen LogP) is 1.78. The van der Waals surface area contributed by atoms with Crippen LogP contribution in [0.3, 0.4) is 0 Å². The van der Waals surface area contributed by atoms with Gasteiger partial charge in [0.25, 0.3) is 0 Å². The normalized spacial score (nSPS) is 10.5. The van der Waals surface area contributed by atoms with Gasteiger partial charge in [0.1, 0.15) is 11.6 Å². The van der Waals surface area contributed by atoms with Gasteiger partial charge in [0, 0.05) is 20.1 Å². The van der Waals surface area contributed by atoms with E-state index >= 15 is 0 Å². The molecular formula is C15H19N3O4. The van der Waals surface area contributed by atoms with E-state index in [0.717, 1.165) is 5.75 Å². The molecule has 0 amide bonds. The summed E-state index contributed by atoms with van der Waals surface area (Å²) in [4.78, 5) is 16.3. The van der Waals surface area contributed by atoms with E-state index in [2.05, 4.69) is 10.1 Å². The van der Waals surface area contributed by atoms with Gasteiger partial charge in [-0.25, -0.2) is 14.5 Å². The van der Waals surface area contributed by atoms with Gasteiger partial charge in [0.2, 0.25) is 5.82 Å². The van der Waals surface area contributed by atoms with Gasteiger partial charge in [-0.05, 0) is 31.2 Å². The Morgan fingerprint density at radius 2 is 1.91 bits per heavy atom. The molecule has 0 saturated carbocycles. The maximum atomic E-state index is 12.1. The molecular weight excluding hydrogens is 286 g/mol. The number of carbonyl (C=O) groups excluding carboxylic acids is 1. The highest BCUT2D eigenvalue weighted by molar-refractivity contribution is 5.86. The van der Waals surface area contributed by atoms with Gasteiger partial charge in [-0.2, -0.15) is 5.10 Å². The Balaban J connectivity index is 2.16. The minimum Gasteiger partial charge on any atom is -0.497 e. The van der Waals surface area contributed by atoms with Gasteiger partial charge >= 0.3 is 5.97 Å². The average Bonchev–Trinajstić information content (AvgIpc) is 2.93. The van der Waals surface area contributed by atoms with E-state index in [1.54, 1.807) is 45.4 Å². The Morgan fingerprint density at radius 3 is 2.55 bits per heavy atom. The number of nitrogens with zero attached hydrogens (tertiary/aromatic N) is 3. The van der Waals surface area contributed by atoms with Crippen LogP contribution in [0.5, 0.6) is 5.75 Å². The minimum absolute atomic E-state index is 0.153. The fourth-order valence-corrected chi connectivity index (χ4v) is 1.88. The summed E-state index contributed by atoms with van der Waals surface area (Å²) in [7, 11) is 3.20. The largest absolute Gasteiger partial charge is 0.497 e. The van der Waals surface area contributed by atoms with Gasteiger partial charge in [0.05, 0.1) is 19.4 Å². The summed E-state index contributed by atoms with van der Waals surface area (Å²) in [6.45, 7) is 2.54. The third-order valence-corrected chi connectivity index (χ3v) is 2.94.